The van der Waals surface area contributed by atoms with Crippen molar-refractivity contribution in [1.29, 1.82) is 0 Å². The second kappa shape index (κ2) is 42.1. The van der Waals surface area contributed by atoms with Gasteiger partial charge in [0.1, 0.15) is 6.10 Å². The van der Waals surface area contributed by atoms with Crippen molar-refractivity contribution in [1.82, 2.24) is 0 Å². The van der Waals surface area contributed by atoms with Gasteiger partial charge in [0.2, 0.25) is 0 Å². The Bertz CT molecular complexity index is 869. The summed E-state index contributed by atoms with van der Waals surface area (Å²) >= 11 is 0. The maximum absolute atomic E-state index is 12.6. The van der Waals surface area contributed by atoms with Gasteiger partial charge < -0.3 is 20.1 Å². The summed E-state index contributed by atoms with van der Waals surface area (Å²) in [7, 11) is -4.28. The van der Waals surface area contributed by atoms with Gasteiger partial charge >= 0.3 is 13.8 Å². The lowest BCUT2D eigenvalue weighted by atomic mass is 10.1. The van der Waals surface area contributed by atoms with Crippen LogP contribution in [0.5, 0.6) is 0 Å². The van der Waals surface area contributed by atoms with Crippen molar-refractivity contribution in [2.45, 2.75) is 219 Å². The number of phosphoric acid groups is 1. The highest BCUT2D eigenvalue weighted by Crippen LogP contribution is 2.43. The molecular weight excluding hydrogens is 685 g/mol. The summed E-state index contributed by atoms with van der Waals surface area (Å²) in [5.41, 5.74) is 5.37. The molecule has 0 aromatic carbocycles. The molecule has 0 rings (SSSR count). The fourth-order valence-corrected chi connectivity index (χ4v) is 7.05. The monoisotopic (exact) mass is 772 g/mol. The molecular formula is C44H86NO7P. The SMILES string of the molecule is CCCCCCC/C=C\CCCCCCCC(=O)OC(COCCCCCCCCCCCC/C=C\CCCCCCCC)COP(=O)(O)OCCN. The standard InChI is InChI=1S/C44H86NO7P/c1-3-5-7-9-11-13-15-17-19-20-21-22-23-24-26-28-30-32-34-36-39-49-41-43(42-51-53(47,48)50-40-38-45)52-44(46)37-35-33-31-29-27-25-18-16-14-12-10-8-6-4-2/h16-19,43H,3-15,20-42,45H2,1-2H3,(H,47,48)/b18-16-,19-17-. The van der Waals surface area contributed by atoms with E-state index in [1.54, 1.807) is 0 Å². The first-order valence-corrected chi connectivity index (χ1v) is 23.8. The van der Waals surface area contributed by atoms with Crippen LogP contribution in [0.25, 0.3) is 0 Å². The molecule has 3 N–H and O–H groups in total. The van der Waals surface area contributed by atoms with E-state index in [0.29, 0.717) is 13.0 Å². The van der Waals surface area contributed by atoms with Crippen LogP contribution in [-0.2, 0) is 27.9 Å². The van der Waals surface area contributed by atoms with Crippen molar-refractivity contribution in [2.24, 2.45) is 5.73 Å². The first-order valence-electron chi connectivity index (χ1n) is 22.3. The normalized spacial score (nSPS) is 13.7. The average molecular weight is 772 g/mol. The summed E-state index contributed by atoms with van der Waals surface area (Å²) in [6, 6.07) is 0. The number of carbonyl (C=O) groups excluding carboxylic acids is 1. The molecule has 2 unspecified atom stereocenters. The Labute approximate surface area is 327 Å². The summed E-state index contributed by atoms with van der Waals surface area (Å²) in [5, 5.41) is 0. The summed E-state index contributed by atoms with van der Waals surface area (Å²) in [5.74, 6) is -0.338. The Morgan fingerprint density at radius 1 is 0.547 bits per heavy atom. The lowest BCUT2D eigenvalue weighted by Gasteiger charge is -2.20. The first-order chi connectivity index (χ1) is 25.9. The highest BCUT2D eigenvalue weighted by Gasteiger charge is 2.25. The molecule has 53 heavy (non-hydrogen) atoms. The summed E-state index contributed by atoms with van der Waals surface area (Å²) in [6.07, 6.45) is 46.2. The first kappa shape index (κ1) is 52.0. The van der Waals surface area contributed by atoms with Gasteiger partial charge in [0.05, 0.1) is 19.8 Å². The molecule has 0 aromatic heterocycles. The Kier molecular flexibility index (Phi) is 41.3. The average Bonchev–Trinajstić information content (AvgIpc) is 3.15. The van der Waals surface area contributed by atoms with Crippen molar-refractivity contribution in [3.05, 3.63) is 24.3 Å². The molecule has 0 saturated carbocycles. The van der Waals surface area contributed by atoms with E-state index in [2.05, 4.69) is 38.2 Å². The van der Waals surface area contributed by atoms with E-state index in [4.69, 9.17) is 24.3 Å². The van der Waals surface area contributed by atoms with Gasteiger partial charge in [-0.15, -0.1) is 0 Å². The molecule has 0 amide bonds. The Morgan fingerprint density at radius 2 is 0.943 bits per heavy atom. The van der Waals surface area contributed by atoms with Gasteiger partial charge in [0, 0.05) is 19.6 Å². The second-order valence-electron chi connectivity index (χ2n) is 14.9. The predicted molar refractivity (Wildman–Crippen MR) is 224 cm³/mol. The van der Waals surface area contributed by atoms with Crippen LogP contribution in [0.15, 0.2) is 24.3 Å². The molecule has 0 aliphatic heterocycles. The molecule has 0 saturated heterocycles. The second-order valence-corrected chi connectivity index (χ2v) is 16.4. The predicted octanol–water partition coefficient (Wildman–Crippen LogP) is 13.3. The minimum Gasteiger partial charge on any atom is -0.457 e. The molecule has 0 aromatic rings. The van der Waals surface area contributed by atoms with E-state index in [0.717, 1.165) is 44.9 Å². The molecule has 0 aliphatic rings. The summed E-state index contributed by atoms with van der Waals surface area (Å²) in [4.78, 5) is 22.5. The van der Waals surface area contributed by atoms with Crippen LogP contribution in [0.2, 0.25) is 0 Å². The molecule has 0 fully saturated rings. The largest absolute Gasteiger partial charge is 0.472 e. The van der Waals surface area contributed by atoms with Gasteiger partial charge in [0.25, 0.3) is 0 Å². The Morgan fingerprint density at radius 3 is 1.38 bits per heavy atom. The molecule has 8 nitrogen and oxygen atoms in total. The van der Waals surface area contributed by atoms with E-state index >= 15 is 0 Å². The third kappa shape index (κ3) is 42.0. The van der Waals surface area contributed by atoms with Crippen LogP contribution in [0, 0.1) is 0 Å². The third-order valence-corrected chi connectivity index (χ3v) is 10.6. The van der Waals surface area contributed by atoms with Crippen LogP contribution in [0.1, 0.15) is 213 Å². The van der Waals surface area contributed by atoms with E-state index in [-0.39, 0.29) is 32.3 Å². The molecule has 0 spiro atoms. The molecule has 0 aliphatic carbocycles. The lowest BCUT2D eigenvalue weighted by molar-refractivity contribution is -0.154. The van der Waals surface area contributed by atoms with Gasteiger partial charge in [0.15, 0.2) is 0 Å². The van der Waals surface area contributed by atoms with Gasteiger partial charge in [-0.25, -0.2) is 4.57 Å². The molecule has 2 atom stereocenters. The topological polar surface area (TPSA) is 117 Å². The number of allylic oxidation sites excluding steroid dienone is 4. The summed E-state index contributed by atoms with van der Waals surface area (Å²) < 4.78 is 33.4. The fourth-order valence-electron chi connectivity index (χ4n) is 6.28. The number of phosphoric ester groups is 1. The van der Waals surface area contributed by atoms with E-state index in [9.17, 15) is 14.3 Å². The van der Waals surface area contributed by atoms with Crippen molar-refractivity contribution < 1.29 is 32.8 Å². The maximum Gasteiger partial charge on any atom is 0.472 e. The van der Waals surface area contributed by atoms with Crippen LogP contribution in [0.3, 0.4) is 0 Å². The molecule has 314 valence electrons. The van der Waals surface area contributed by atoms with Crippen molar-refractivity contribution in [3.63, 3.8) is 0 Å². The number of carbonyl (C=O) groups is 1. The number of nitrogens with two attached hydrogens (primary N) is 1. The van der Waals surface area contributed by atoms with Crippen molar-refractivity contribution >= 4 is 13.8 Å². The van der Waals surface area contributed by atoms with Crippen molar-refractivity contribution in [2.75, 3.05) is 33.0 Å². The quantitative estimate of drug-likeness (QED) is 0.0272. The van der Waals surface area contributed by atoms with Gasteiger partial charge in [-0.05, 0) is 64.2 Å². The van der Waals surface area contributed by atoms with E-state index < -0.39 is 13.9 Å². The molecule has 0 heterocycles. The number of hydrogen-bond acceptors (Lipinski definition) is 7. The Hall–Kier alpha value is -1.02. The number of ether oxygens (including phenoxy) is 2. The van der Waals surface area contributed by atoms with Crippen LogP contribution in [-0.4, -0.2) is 49.9 Å². The van der Waals surface area contributed by atoms with Crippen LogP contribution in [0.4, 0.5) is 0 Å². The number of rotatable bonds is 43. The Balaban J connectivity index is 3.98. The maximum atomic E-state index is 12.6. The molecule has 0 radical (unpaired) electrons. The van der Waals surface area contributed by atoms with Gasteiger partial charge in [-0.3, -0.25) is 13.8 Å². The highest BCUT2D eigenvalue weighted by atomic mass is 31.2. The minimum absolute atomic E-state index is 0.0958. The third-order valence-electron chi connectivity index (χ3n) is 9.59. The minimum atomic E-state index is -4.28. The molecule has 0 bridgehead atoms. The lowest BCUT2D eigenvalue weighted by Crippen LogP contribution is -2.28. The number of hydrogen-bond donors (Lipinski definition) is 2. The van der Waals surface area contributed by atoms with Gasteiger partial charge in [-0.1, -0.05) is 167 Å². The smallest absolute Gasteiger partial charge is 0.457 e. The zero-order chi connectivity index (χ0) is 38.8. The van der Waals surface area contributed by atoms with Crippen molar-refractivity contribution in [3.8, 4) is 0 Å². The fraction of sp³-hybridized carbons (Fsp3) is 0.886. The van der Waals surface area contributed by atoms with E-state index in [1.165, 1.54) is 148 Å². The summed E-state index contributed by atoms with van der Waals surface area (Å²) in [6.45, 7) is 4.92. The van der Waals surface area contributed by atoms with Crippen LogP contribution >= 0.6 is 7.82 Å². The van der Waals surface area contributed by atoms with Gasteiger partial charge in [-0.2, -0.15) is 0 Å². The zero-order valence-corrected chi connectivity index (χ0v) is 35.7. The number of esters is 1. The zero-order valence-electron chi connectivity index (χ0n) is 34.8. The van der Waals surface area contributed by atoms with Crippen LogP contribution < -0.4 is 5.73 Å². The van der Waals surface area contributed by atoms with E-state index in [1.807, 2.05) is 0 Å². The molecule has 9 heteroatoms. The highest BCUT2D eigenvalue weighted by molar-refractivity contribution is 7.47. The number of unbranched alkanes of at least 4 members (excludes halogenated alkanes) is 26.